The van der Waals surface area contributed by atoms with Crippen molar-refractivity contribution in [1.29, 1.82) is 5.26 Å². The van der Waals surface area contributed by atoms with E-state index in [9.17, 15) is 8.42 Å². The quantitative estimate of drug-likeness (QED) is 0.512. The molecule has 0 aromatic rings. The molecule has 0 aromatic carbocycles. The summed E-state index contributed by atoms with van der Waals surface area (Å²) >= 11 is 0. The van der Waals surface area contributed by atoms with Crippen LogP contribution in [0.1, 0.15) is 12.8 Å². The maximum absolute atomic E-state index is 12.1. The van der Waals surface area contributed by atoms with Crippen molar-refractivity contribution < 1.29 is 13.2 Å². The smallest absolute Gasteiger partial charge is 0.221 e. The Kier molecular flexibility index (Phi) is 4.75. The number of hydrogen-bond acceptors (Lipinski definition) is 4. The Labute approximate surface area is 96.0 Å². The molecular weight excluding hydrogens is 228 g/mol. The summed E-state index contributed by atoms with van der Waals surface area (Å²) in [6.45, 7) is 0.518. The summed E-state index contributed by atoms with van der Waals surface area (Å²) in [4.78, 5) is 0. The predicted octanol–water partition coefficient (Wildman–Crippen LogP) is -0.0460. The molecule has 1 atom stereocenters. The van der Waals surface area contributed by atoms with E-state index in [1.54, 1.807) is 0 Å². The fraction of sp³-hybridized carbons (Fsp3) is 0.700. The van der Waals surface area contributed by atoms with Crippen LogP contribution >= 0.6 is 0 Å². The van der Waals surface area contributed by atoms with Gasteiger partial charge in [-0.2, -0.15) is 9.57 Å². The van der Waals surface area contributed by atoms with Crippen molar-refractivity contribution >= 4 is 10.0 Å². The highest BCUT2D eigenvalue weighted by molar-refractivity contribution is 7.89. The highest BCUT2D eigenvalue weighted by Gasteiger charge is 2.33. The van der Waals surface area contributed by atoms with Gasteiger partial charge in [0.15, 0.2) is 0 Å². The molecule has 0 N–H and O–H groups in total. The third-order valence-electron chi connectivity index (χ3n) is 2.41. The minimum atomic E-state index is -3.51. The molecule has 1 rings (SSSR count). The number of sulfonamides is 1. The Morgan fingerprint density at radius 3 is 2.75 bits per heavy atom. The van der Waals surface area contributed by atoms with Gasteiger partial charge in [-0.15, -0.1) is 6.42 Å². The van der Waals surface area contributed by atoms with Gasteiger partial charge in [0, 0.05) is 6.61 Å². The standard InChI is InChI=1S/C10H14N2O3S/c1-2-6-12(7-5-11)16(13,14)10-4-3-8-15-9-10/h1,10H,3-4,6-9H2. The number of nitriles is 1. The van der Waals surface area contributed by atoms with Crippen molar-refractivity contribution in [3.05, 3.63) is 0 Å². The first-order chi connectivity index (χ1) is 7.62. The number of rotatable bonds is 4. The third-order valence-corrected chi connectivity index (χ3v) is 4.61. The van der Waals surface area contributed by atoms with Crippen molar-refractivity contribution in [3.63, 3.8) is 0 Å². The first-order valence-electron chi connectivity index (χ1n) is 5.00. The van der Waals surface area contributed by atoms with Crippen molar-refractivity contribution in [2.75, 3.05) is 26.3 Å². The lowest BCUT2D eigenvalue weighted by Crippen LogP contribution is -2.43. The van der Waals surface area contributed by atoms with Gasteiger partial charge in [0.1, 0.15) is 6.54 Å². The molecular formula is C10H14N2O3S. The maximum atomic E-state index is 12.1. The van der Waals surface area contributed by atoms with Crippen LogP contribution in [0.25, 0.3) is 0 Å². The van der Waals surface area contributed by atoms with Crippen LogP contribution in [0.3, 0.4) is 0 Å². The minimum absolute atomic E-state index is 0.0631. The van der Waals surface area contributed by atoms with Crippen LogP contribution in [-0.4, -0.2) is 44.3 Å². The molecule has 5 nitrogen and oxygen atoms in total. The van der Waals surface area contributed by atoms with Crippen molar-refractivity contribution in [2.24, 2.45) is 0 Å². The molecule has 0 aromatic heterocycles. The van der Waals surface area contributed by atoms with E-state index in [0.29, 0.717) is 13.0 Å². The molecule has 88 valence electrons. The Hall–Kier alpha value is -1.08. The van der Waals surface area contributed by atoms with Crippen LogP contribution in [-0.2, 0) is 14.8 Å². The zero-order valence-electron chi connectivity index (χ0n) is 8.92. The van der Waals surface area contributed by atoms with Crippen LogP contribution in [0.4, 0.5) is 0 Å². The normalized spacial score (nSPS) is 21.3. The molecule has 0 saturated carbocycles. The van der Waals surface area contributed by atoms with Gasteiger partial charge in [-0.05, 0) is 12.8 Å². The summed E-state index contributed by atoms with van der Waals surface area (Å²) in [5, 5.41) is 8.00. The van der Waals surface area contributed by atoms with Crippen LogP contribution < -0.4 is 0 Å². The molecule has 1 aliphatic heterocycles. The zero-order valence-corrected chi connectivity index (χ0v) is 9.74. The lowest BCUT2D eigenvalue weighted by molar-refractivity contribution is 0.0977. The summed E-state index contributed by atoms with van der Waals surface area (Å²) in [5.41, 5.74) is 0. The largest absolute Gasteiger partial charge is 0.380 e. The molecule has 16 heavy (non-hydrogen) atoms. The zero-order chi connectivity index (χ0) is 12.0. The maximum Gasteiger partial charge on any atom is 0.221 e. The second kappa shape index (κ2) is 5.86. The van der Waals surface area contributed by atoms with Crippen molar-refractivity contribution in [1.82, 2.24) is 4.31 Å². The van der Waals surface area contributed by atoms with E-state index >= 15 is 0 Å². The molecule has 0 aliphatic carbocycles. The van der Waals surface area contributed by atoms with E-state index in [0.717, 1.165) is 10.7 Å². The first kappa shape index (κ1) is 13.0. The molecule has 0 radical (unpaired) electrons. The predicted molar refractivity (Wildman–Crippen MR) is 58.8 cm³/mol. The van der Waals surface area contributed by atoms with Gasteiger partial charge < -0.3 is 4.74 Å². The molecule has 1 heterocycles. The van der Waals surface area contributed by atoms with Gasteiger partial charge >= 0.3 is 0 Å². The third kappa shape index (κ3) is 2.96. The Bertz CT molecular complexity index is 383. The van der Waals surface area contributed by atoms with Gasteiger partial charge in [-0.1, -0.05) is 5.92 Å². The average Bonchev–Trinajstić information content (AvgIpc) is 2.30. The SMILES string of the molecule is C#CCN(CC#N)S(=O)(=O)C1CCCOC1. The van der Waals surface area contributed by atoms with E-state index in [2.05, 4.69) is 5.92 Å². The monoisotopic (exact) mass is 242 g/mol. The van der Waals surface area contributed by atoms with Crippen LogP contribution in [0, 0.1) is 23.7 Å². The molecule has 1 unspecified atom stereocenters. The molecule has 1 saturated heterocycles. The van der Waals surface area contributed by atoms with E-state index < -0.39 is 15.3 Å². The van der Waals surface area contributed by atoms with E-state index in [1.165, 1.54) is 0 Å². The molecule has 0 spiro atoms. The first-order valence-corrected chi connectivity index (χ1v) is 6.50. The fourth-order valence-corrected chi connectivity index (χ4v) is 3.22. The molecule has 6 heteroatoms. The van der Waals surface area contributed by atoms with E-state index in [1.807, 2.05) is 6.07 Å². The highest BCUT2D eigenvalue weighted by atomic mass is 32.2. The number of nitrogens with zero attached hydrogens (tertiary/aromatic N) is 2. The highest BCUT2D eigenvalue weighted by Crippen LogP contribution is 2.18. The molecule has 0 amide bonds. The van der Waals surface area contributed by atoms with Gasteiger partial charge in [-0.3, -0.25) is 0 Å². The summed E-state index contributed by atoms with van der Waals surface area (Å²) in [6.07, 6.45) is 6.38. The Morgan fingerprint density at radius 2 is 2.25 bits per heavy atom. The lowest BCUT2D eigenvalue weighted by Gasteiger charge is -2.27. The Balaban J connectivity index is 2.80. The van der Waals surface area contributed by atoms with Gasteiger partial charge in [0.05, 0.1) is 24.5 Å². The molecule has 1 aliphatic rings. The van der Waals surface area contributed by atoms with Gasteiger partial charge in [0.25, 0.3) is 0 Å². The summed E-state index contributed by atoms with van der Waals surface area (Å²) < 4.78 is 30.3. The summed E-state index contributed by atoms with van der Waals surface area (Å²) in [7, 11) is -3.51. The summed E-state index contributed by atoms with van der Waals surface area (Å²) in [5.74, 6) is 2.25. The summed E-state index contributed by atoms with van der Waals surface area (Å²) in [6, 6.07) is 1.81. The van der Waals surface area contributed by atoms with Crippen LogP contribution in [0.5, 0.6) is 0 Å². The number of ether oxygens (including phenoxy) is 1. The Morgan fingerprint density at radius 1 is 1.50 bits per heavy atom. The lowest BCUT2D eigenvalue weighted by atomic mass is 10.2. The van der Waals surface area contributed by atoms with Crippen molar-refractivity contribution in [2.45, 2.75) is 18.1 Å². The van der Waals surface area contributed by atoms with Gasteiger partial charge in [0.2, 0.25) is 10.0 Å². The van der Waals surface area contributed by atoms with Crippen LogP contribution in [0.2, 0.25) is 0 Å². The number of terminal acetylenes is 1. The number of hydrogen-bond donors (Lipinski definition) is 0. The van der Waals surface area contributed by atoms with Gasteiger partial charge in [-0.25, -0.2) is 8.42 Å². The van der Waals surface area contributed by atoms with E-state index in [-0.39, 0.29) is 19.7 Å². The minimum Gasteiger partial charge on any atom is -0.380 e. The second-order valence-electron chi connectivity index (χ2n) is 3.51. The molecule has 0 bridgehead atoms. The van der Waals surface area contributed by atoms with Crippen molar-refractivity contribution in [3.8, 4) is 18.4 Å². The van der Waals surface area contributed by atoms with Crippen LogP contribution in [0.15, 0.2) is 0 Å². The fourth-order valence-electron chi connectivity index (χ4n) is 1.57. The second-order valence-corrected chi connectivity index (χ2v) is 5.73. The topological polar surface area (TPSA) is 70.4 Å². The average molecular weight is 242 g/mol. The molecule has 1 fully saturated rings. The van der Waals surface area contributed by atoms with E-state index in [4.69, 9.17) is 16.4 Å².